The van der Waals surface area contributed by atoms with Crippen LogP contribution in [-0.4, -0.2) is 24.5 Å². The van der Waals surface area contributed by atoms with E-state index in [1.165, 1.54) is 43.6 Å². The minimum Gasteiger partial charge on any atom is -0.385 e. The Hall–Kier alpha value is -1.02. The minimum atomic E-state index is 0.770. The highest BCUT2D eigenvalue weighted by Gasteiger charge is 2.11. The number of benzene rings is 1. The lowest BCUT2D eigenvalue weighted by atomic mass is 10.1. The van der Waals surface area contributed by atoms with Gasteiger partial charge < -0.3 is 5.32 Å². The van der Waals surface area contributed by atoms with Crippen molar-refractivity contribution >= 4 is 5.69 Å². The molecular weight excluding hydrogens is 220 g/mol. The Balaban J connectivity index is 1.77. The largest absolute Gasteiger partial charge is 0.385 e. The summed E-state index contributed by atoms with van der Waals surface area (Å²) >= 11 is 0. The molecule has 0 unspecified atom stereocenters. The van der Waals surface area contributed by atoms with Crippen LogP contribution in [0.5, 0.6) is 0 Å². The van der Waals surface area contributed by atoms with Crippen LogP contribution in [0.25, 0.3) is 0 Å². The summed E-state index contributed by atoms with van der Waals surface area (Å²) in [7, 11) is 0. The Morgan fingerprint density at radius 2 is 1.78 bits per heavy atom. The molecule has 1 fully saturated rings. The van der Waals surface area contributed by atoms with Gasteiger partial charge in [-0.25, -0.2) is 0 Å². The monoisotopic (exact) mass is 246 g/mol. The van der Waals surface area contributed by atoms with Crippen molar-refractivity contribution in [2.75, 3.05) is 25.0 Å². The number of hydrogen-bond acceptors (Lipinski definition) is 2. The first-order valence-electron chi connectivity index (χ1n) is 7.29. The molecule has 0 bridgehead atoms. The van der Waals surface area contributed by atoms with E-state index in [0.717, 1.165) is 19.0 Å². The molecule has 1 N–H and O–H groups in total. The molecule has 0 atom stereocenters. The quantitative estimate of drug-likeness (QED) is 0.822. The van der Waals surface area contributed by atoms with Gasteiger partial charge in [-0.15, -0.1) is 0 Å². The molecule has 1 aliphatic heterocycles. The maximum atomic E-state index is 3.48. The van der Waals surface area contributed by atoms with Gasteiger partial charge in [-0.05, 0) is 56.0 Å². The normalized spacial score (nSPS) is 16.4. The number of rotatable bonds is 6. The topological polar surface area (TPSA) is 15.3 Å². The molecule has 100 valence electrons. The van der Waals surface area contributed by atoms with Crippen molar-refractivity contribution in [3.63, 3.8) is 0 Å². The van der Waals surface area contributed by atoms with Crippen molar-refractivity contribution < 1.29 is 0 Å². The maximum Gasteiger partial charge on any atom is 0.0340 e. The van der Waals surface area contributed by atoms with Gasteiger partial charge in [0.2, 0.25) is 0 Å². The molecule has 1 aliphatic rings. The zero-order chi connectivity index (χ0) is 12.8. The van der Waals surface area contributed by atoms with Crippen LogP contribution in [0.3, 0.4) is 0 Å². The molecule has 2 nitrogen and oxygen atoms in total. The maximum absolute atomic E-state index is 3.48. The van der Waals surface area contributed by atoms with E-state index in [4.69, 9.17) is 0 Å². The second-order valence-electron chi connectivity index (χ2n) is 5.79. The SMILES string of the molecule is CC(C)CCNc1ccc(CN2CCCC2)cc1. The van der Waals surface area contributed by atoms with Gasteiger partial charge in [-0.2, -0.15) is 0 Å². The zero-order valence-electron chi connectivity index (χ0n) is 11.8. The van der Waals surface area contributed by atoms with Crippen LogP contribution < -0.4 is 5.32 Å². The molecule has 2 heteroatoms. The summed E-state index contributed by atoms with van der Waals surface area (Å²) in [4.78, 5) is 2.54. The smallest absolute Gasteiger partial charge is 0.0340 e. The number of nitrogens with zero attached hydrogens (tertiary/aromatic N) is 1. The predicted octanol–water partition coefficient (Wildman–Crippen LogP) is 3.74. The van der Waals surface area contributed by atoms with Crippen molar-refractivity contribution in [2.45, 2.75) is 39.7 Å². The molecule has 0 saturated carbocycles. The molecule has 1 saturated heterocycles. The summed E-state index contributed by atoms with van der Waals surface area (Å²) in [5, 5.41) is 3.48. The Morgan fingerprint density at radius 1 is 1.11 bits per heavy atom. The molecular formula is C16H26N2. The number of hydrogen-bond donors (Lipinski definition) is 1. The van der Waals surface area contributed by atoms with E-state index >= 15 is 0 Å². The van der Waals surface area contributed by atoms with Gasteiger partial charge in [0, 0.05) is 18.8 Å². The fourth-order valence-corrected chi connectivity index (χ4v) is 2.43. The number of nitrogens with one attached hydrogen (secondary N) is 1. The van der Waals surface area contributed by atoms with Crippen molar-refractivity contribution in [3.05, 3.63) is 29.8 Å². The van der Waals surface area contributed by atoms with Gasteiger partial charge in [-0.1, -0.05) is 26.0 Å². The highest BCUT2D eigenvalue weighted by molar-refractivity contribution is 5.44. The van der Waals surface area contributed by atoms with E-state index in [1.807, 2.05) is 0 Å². The lowest BCUT2D eigenvalue weighted by molar-refractivity contribution is 0.331. The lowest BCUT2D eigenvalue weighted by Crippen LogP contribution is -2.18. The van der Waals surface area contributed by atoms with Crippen LogP contribution in [0.1, 0.15) is 38.7 Å². The van der Waals surface area contributed by atoms with Crippen LogP contribution in [0.2, 0.25) is 0 Å². The Kier molecular flexibility index (Phi) is 5.06. The summed E-state index contributed by atoms with van der Waals surface area (Å²) in [6, 6.07) is 8.95. The second kappa shape index (κ2) is 6.79. The standard InChI is InChI=1S/C16H26N2/c1-14(2)9-10-17-16-7-5-15(6-8-16)13-18-11-3-4-12-18/h5-8,14,17H,3-4,9-13H2,1-2H3. The van der Waals surface area contributed by atoms with Gasteiger partial charge in [0.05, 0.1) is 0 Å². The first kappa shape index (κ1) is 13.4. The molecule has 18 heavy (non-hydrogen) atoms. The second-order valence-corrected chi connectivity index (χ2v) is 5.79. The van der Waals surface area contributed by atoms with Crippen molar-refractivity contribution in [3.8, 4) is 0 Å². The Morgan fingerprint density at radius 3 is 2.39 bits per heavy atom. The first-order chi connectivity index (χ1) is 8.74. The highest BCUT2D eigenvalue weighted by atomic mass is 15.1. The fraction of sp³-hybridized carbons (Fsp3) is 0.625. The molecule has 1 heterocycles. The molecule has 0 spiro atoms. The number of anilines is 1. The summed E-state index contributed by atoms with van der Waals surface area (Å²) < 4.78 is 0. The molecule has 0 amide bonds. The summed E-state index contributed by atoms with van der Waals surface area (Å²) in [6.07, 6.45) is 3.97. The highest BCUT2D eigenvalue weighted by Crippen LogP contribution is 2.15. The molecule has 0 radical (unpaired) electrons. The number of likely N-dealkylation sites (tertiary alicyclic amines) is 1. The third-order valence-electron chi connectivity index (χ3n) is 3.61. The third-order valence-corrected chi connectivity index (χ3v) is 3.61. The zero-order valence-corrected chi connectivity index (χ0v) is 11.8. The Labute approximate surface area is 111 Å². The first-order valence-corrected chi connectivity index (χ1v) is 7.29. The van der Waals surface area contributed by atoms with Crippen LogP contribution >= 0.6 is 0 Å². The van der Waals surface area contributed by atoms with E-state index < -0.39 is 0 Å². The minimum absolute atomic E-state index is 0.770. The average molecular weight is 246 g/mol. The van der Waals surface area contributed by atoms with Crippen molar-refractivity contribution in [1.29, 1.82) is 0 Å². The summed E-state index contributed by atoms with van der Waals surface area (Å²) in [6.45, 7) is 9.26. The summed E-state index contributed by atoms with van der Waals surface area (Å²) in [5.74, 6) is 0.770. The van der Waals surface area contributed by atoms with Crippen molar-refractivity contribution in [1.82, 2.24) is 4.90 Å². The van der Waals surface area contributed by atoms with Gasteiger partial charge >= 0.3 is 0 Å². The van der Waals surface area contributed by atoms with Crippen LogP contribution in [0.15, 0.2) is 24.3 Å². The van der Waals surface area contributed by atoms with E-state index in [9.17, 15) is 0 Å². The van der Waals surface area contributed by atoms with Gasteiger partial charge in [-0.3, -0.25) is 4.90 Å². The van der Waals surface area contributed by atoms with E-state index in [0.29, 0.717) is 0 Å². The Bertz CT molecular complexity index is 337. The average Bonchev–Trinajstić information content (AvgIpc) is 2.84. The molecule has 2 rings (SSSR count). The fourth-order valence-electron chi connectivity index (χ4n) is 2.43. The van der Waals surface area contributed by atoms with Gasteiger partial charge in [0.15, 0.2) is 0 Å². The summed E-state index contributed by atoms with van der Waals surface area (Å²) in [5.41, 5.74) is 2.69. The molecule has 0 aromatic heterocycles. The van der Waals surface area contributed by atoms with E-state index in [2.05, 4.69) is 48.3 Å². The molecule has 0 aliphatic carbocycles. The molecule has 1 aromatic carbocycles. The lowest BCUT2D eigenvalue weighted by Gasteiger charge is -2.15. The van der Waals surface area contributed by atoms with Crippen LogP contribution in [0, 0.1) is 5.92 Å². The van der Waals surface area contributed by atoms with Crippen molar-refractivity contribution in [2.24, 2.45) is 5.92 Å². The van der Waals surface area contributed by atoms with Crippen LogP contribution in [0.4, 0.5) is 5.69 Å². The van der Waals surface area contributed by atoms with Gasteiger partial charge in [0.25, 0.3) is 0 Å². The molecule has 1 aromatic rings. The van der Waals surface area contributed by atoms with E-state index in [1.54, 1.807) is 0 Å². The third kappa shape index (κ3) is 4.34. The van der Waals surface area contributed by atoms with E-state index in [-0.39, 0.29) is 0 Å². The van der Waals surface area contributed by atoms with Gasteiger partial charge in [0.1, 0.15) is 0 Å². The predicted molar refractivity (Wildman–Crippen MR) is 78.9 cm³/mol. The van der Waals surface area contributed by atoms with Crippen LogP contribution in [-0.2, 0) is 6.54 Å².